The molecule has 1 saturated carbocycles. The molecule has 0 amide bonds. The molecular weight excluding hydrogens is 250 g/mol. The molecule has 0 bridgehead atoms. The number of nitrogens with zero attached hydrogens (tertiary/aromatic N) is 2. The highest BCUT2D eigenvalue weighted by Gasteiger charge is 2.22. The SMILES string of the molecule is O=C(Cc1ccn(C2CCCCC2)n1)C1CCNCC1. The zero-order chi connectivity index (χ0) is 13.8. The van der Waals surface area contributed by atoms with Crippen LogP contribution in [0.2, 0.25) is 0 Å². The van der Waals surface area contributed by atoms with Crippen molar-refractivity contribution in [3.8, 4) is 0 Å². The average Bonchev–Trinajstić information content (AvgIpc) is 2.97. The van der Waals surface area contributed by atoms with E-state index in [-0.39, 0.29) is 5.92 Å². The molecule has 4 heteroatoms. The zero-order valence-corrected chi connectivity index (χ0v) is 12.2. The molecule has 2 aliphatic rings. The number of hydrogen-bond acceptors (Lipinski definition) is 3. The van der Waals surface area contributed by atoms with Gasteiger partial charge in [-0.1, -0.05) is 19.3 Å². The van der Waals surface area contributed by atoms with Crippen molar-refractivity contribution in [2.75, 3.05) is 13.1 Å². The monoisotopic (exact) mass is 275 g/mol. The van der Waals surface area contributed by atoms with Crippen molar-refractivity contribution in [2.45, 2.75) is 57.4 Å². The van der Waals surface area contributed by atoms with Crippen LogP contribution in [0.15, 0.2) is 12.3 Å². The van der Waals surface area contributed by atoms with E-state index in [1.165, 1.54) is 32.1 Å². The Balaban J connectivity index is 1.57. The Bertz CT molecular complexity index is 442. The Kier molecular flexibility index (Phi) is 4.51. The number of Topliss-reactive ketones (excluding diaryl/α,β-unsaturated/α-hetero) is 1. The lowest BCUT2D eigenvalue weighted by atomic mass is 9.91. The summed E-state index contributed by atoms with van der Waals surface area (Å²) >= 11 is 0. The smallest absolute Gasteiger partial charge is 0.142 e. The van der Waals surface area contributed by atoms with Gasteiger partial charge in [-0.3, -0.25) is 9.48 Å². The summed E-state index contributed by atoms with van der Waals surface area (Å²) in [6.07, 6.45) is 11.0. The molecule has 3 rings (SSSR count). The topological polar surface area (TPSA) is 46.9 Å². The third kappa shape index (κ3) is 3.29. The first-order valence-electron chi connectivity index (χ1n) is 8.10. The van der Waals surface area contributed by atoms with Gasteiger partial charge in [0.25, 0.3) is 0 Å². The number of carbonyl (C=O) groups excluding carboxylic acids is 1. The number of aromatic nitrogens is 2. The minimum absolute atomic E-state index is 0.246. The Morgan fingerprint density at radius 1 is 1.20 bits per heavy atom. The fourth-order valence-corrected chi connectivity index (χ4v) is 3.49. The molecule has 0 aromatic carbocycles. The normalized spacial score (nSPS) is 22.0. The number of ketones is 1. The standard InChI is InChI=1S/C16H25N3O/c20-16(13-6-9-17-10-7-13)12-14-8-11-19(18-14)15-4-2-1-3-5-15/h8,11,13,15,17H,1-7,9-10,12H2. The van der Waals surface area contributed by atoms with E-state index in [9.17, 15) is 4.79 Å². The van der Waals surface area contributed by atoms with Gasteiger partial charge in [0.1, 0.15) is 5.78 Å². The Morgan fingerprint density at radius 3 is 2.70 bits per heavy atom. The first kappa shape index (κ1) is 13.8. The van der Waals surface area contributed by atoms with Crippen LogP contribution in [0.5, 0.6) is 0 Å². The van der Waals surface area contributed by atoms with Gasteiger partial charge in [0, 0.05) is 12.1 Å². The molecule has 1 aromatic heterocycles. The van der Waals surface area contributed by atoms with Crippen LogP contribution < -0.4 is 5.32 Å². The summed E-state index contributed by atoms with van der Waals surface area (Å²) in [7, 11) is 0. The van der Waals surface area contributed by atoms with Crippen molar-refractivity contribution in [3.05, 3.63) is 18.0 Å². The lowest BCUT2D eigenvalue weighted by Gasteiger charge is -2.22. The molecule has 1 aliphatic heterocycles. The Hall–Kier alpha value is -1.16. The van der Waals surface area contributed by atoms with Gasteiger partial charge in [-0.15, -0.1) is 0 Å². The summed E-state index contributed by atoms with van der Waals surface area (Å²) in [4.78, 5) is 12.3. The summed E-state index contributed by atoms with van der Waals surface area (Å²) in [6.45, 7) is 1.96. The van der Waals surface area contributed by atoms with E-state index in [0.717, 1.165) is 31.6 Å². The van der Waals surface area contributed by atoms with Crippen molar-refractivity contribution in [1.29, 1.82) is 0 Å². The Labute approximate surface area is 120 Å². The molecule has 1 saturated heterocycles. The molecule has 1 aromatic rings. The maximum absolute atomic E-state index is 12.3. The van der Waals surface area contributed by atoms with Crippen LogP contribution in [0.3, 0.4) is 0 Å². The minimum atomic E-state index is 0.246. The third-order valence-corrected chi connectivity index (χ3v) is 4.76. The van der Waals surface area contributed by atoms with Crippen molar-refractivity contribution < 1.29 is 4.79 Å². The van der Waals surface area contributed by atoms with Crippen LogP contribution in [0.25, 0.3) is 0 Å². The fourth-order valence-electron chi connectivity index (χ4n) is 3.49. The van der Waals surface area contributed by atoms with Crippen LogP contribution in [-0.2, 0) is 11.2 Å². The van der Waals surface area contributed by atoms with Gasteiger partial charge in [-0.25, -0.2) is 0 Å². The van der Waals surface area contributed by atoms with Gasteiger partial charge in [0.2, 0.25) is 0 Å². The summed E-state index contributed by atoms with van der Waals surface area (Å²) in [5, 5.41) is 7.96. The summed E-state index contributed by atoms with van der Waals surface area (Å²) in [5.74, 6) is 0.622. The van der Waals surface area contributed by atoms with Gasteiger partial charge in [0.15, 0.2) is 0 Å². The predicted octanol–water partition coefficient (Wildman–Crippen LogP) is 2.50. The number of piperidine rings is 1. The van der Waals surface area contributed by atoms with Gasteiger partial charge in [-0.2, -0.15) is 5.10 Å². The molecule has 20 heavy (non-hydrogen) atoms. The lowest BCUT2D eigenvalue weighted by Crippen LogP contribution is -2.32. The molecule has 0 unspecified atom stereocenters. The minimum Gasteiger partial charge on any atom is -0.317 e. The Morgan fingerprint density at radius 2 is 1.95 bits per heavy atom. The number of hydrogen-bond donors (Lipinski definition) is 1. The summed E-state index contributed by atoms with van der Waals surface area (Å²) in [5.41, 5.74) is 0.958. The van der Waals surface area contributed by atoms with Gasteiger partial charge in [-0.05, 0) is 44.8 Å². The van der Waals surface area contributed by atoms with Gasteiger partial charge < -0.3 is 5.32 Å². The third-order valence-electron chi connectivity index (χ3n) is 4.76. The molecule has 0 atom stereocenters. The second kappa shape index (κ2) is 6.53. The highest BCUT2D eigenvalue weighted by atomic mass is 16.1. The van der Waals surface area contributed by atoms with E-state index < -0.39 is 0 Å². The number of nitrogens with one attached hydrogen (secondary N) is 1. The van der Waals surface area contributed by atoms with Crippen LogP contribution in [0.1, 0.15) is 56.7 Å². The van der Waals surface area contributed by atoms with E-state index in [4.69, 9.17) is 0 Å². The highest BCUT2D eigenvalue weighted by molar-refractivity contribution is 5.83. The zero-order valence-electron chi connectivity index (χ0n) is 12.2. The quantitative estimate of drug-likeness (QED) is 0.918. The van der Waals surface area contributed by atoms with E-state index >= 15 is 0 Å². The second-order valence-corrected chi connectivity index (χ2v) is 6.25. The maximum atomic E-state index is 12.3. The molecule has 4 nitrogen and oxygen atoms in total. The molecule has 2 heterocycles. The molecule has 0 radical (unpaired) electrons. The lowest BCUT2D eigenvalue weighted by molar-refractivity contribution is -0.123. The molecular formula is C16H25N3O. The molecule has 2 fully saturated rings. The number of carbonyl (C=O) groups is 1. The molecule has 1 N–H and O–H groups in total. The van der Waals surface area contributed by atoms with E-state index in [0.29, 0.717) is 18.2 Å². The average molecular weight is 275 g/mol. The van der Waals surface area contributed by atoms with Crippen LogP contribution >= 0.6 is 0 Å². The van der Waals surface area contributed by atoms with Crippen molar-refractivity contribution in [2.24, 2.45) is 5.92 Å². The van der Waals surface area contributed by atoms with Gasteiger partial charge in [0.05, 0.1) is 18.2 Å². The molecule has 0 spiro atoms. The predicted molar refractivity (Wildman–Crippen MR) is 78.7 cm³/mol. The first-order chi connectivity index (χ1) is 9.83. The van der Waals surface area contributed by atoms with Crippen LogP contribution in [-0.4, -0.2) is 28.7 Å². The number of rotatable bonds is 4. The van der Waals surface area contributed by atoms with Crippen LogP contribution in [0, 0.1) is 5.92 Å². The molecule has 1 aliphatic carbocycles. The highest BCUT2D eigenvalue weighted by Crippen LogP contribution is 2.27. The first-order valence-corrected chi connectivity index (χ1v) is 8.10. The van der Waals surface area contributed by atoms with E-state index in [1.807, 2.05) is 6.07 Å². The second-order valence-electron chi connectivity index (χ2n) is 6.25. The maximum Gasteiger partial charge on any atom is 0.142 e. The molecule has 110 valence electrons. The van der Waals surface area contributed by atoms with Crippen LogP contribution in [0.4, 0.5) is 0 Å². The van der Waals surface area contributed by atoms with Gasteiger partial charge >= 0.3 is 0 Å². The van der Waals surface area contributed by atoms with Crippen molar-refractivity contribution in [3.63, 3.8) is 0 Å². The largest absolute Gasteiger partial charge is 0.317 e. The van der Waals surface area contributed by atoms with E-state index in [1.54, 1.807) is 0 Å². The van der Waals surface area contributed by atoms with Crippen molar-refractivity contribution in [1.82, 2.24) is 15.1 Å². The fraction of sp³-hybridized carbons (Fsp3) is 0.750. The summed E-state index contributed by atoms with van der Waals surface area (Å²) in [6, 6.07) is 2.60. The van der Waals surface area contributed by atoms with Crippen molar-refractivity contribution >= 4 is 5.78 Å². The summed E-state index contributed by atoms with van der Waals surface area (Å²) < 4.78 is 2.10. The van der Waals surface area contributed by atoms with E-state index in [2.05, 4.69) is 21.3 Å².